The zero-order chi connectivity index (χ0) is 33.6. The molecule has 0 saturated carbocycles. The van der Waals surface area contributed by atoms with E-state index in [1.165, 1.54) is 74.0 Å². The van der Waals surface area contributed by atoms with E-state index in [1.54, 1.807) is 0 Å². The van der Waals surface area contributed by atoms with Gasteiger partial charge in [0.25, 0.3) is 0 Å². The molecule has 0 aliphatic rings. The van der Waals surface area contributed by atoms with Crippen LogP contribution in [0.1, 0.15) is 186 Å². The van der Waals surface area contributed by atoms with Crippen molar-refractivity contribution in [3.63, 3.8) is 0 Å². The maximum absolute atomic E-state index is 8.57. The van der Waals surface area contributed by atoms with Crippen LogP contribution in [0.25, 0.3) is 0 Å². The number of carbonyl (C=O) groups excluding carboxylic acids is 1. The quantitative estimate of drug-likeness (QED) is 0.215. The van der Waals surface area contributed by atoms with Crippen LogP contribution in [0.5, 0.6) is 0 Å². The maximum Gasteiger partial charge on any atom is 0.116 e. The van der Waals surface area contributed by atoms with Gasteiger partial charge in [-0.1, -0.05) is 178 Å². The molecule has 0 saturated heterocycles. The van der Waals surface area contributed by atoms with Crippen LogP contribution in [0.4, 0.5) is 0 Å². The molecule has 0 amide bonds. The van der Waals surface area contributed by atoms with Crippen LogP contribution < -0.4 is 0 Å². The Labute approximate surface area is 257 Å². The van der Waals surface area contributed by atoms with Gasteiger partial charge in [-0.2, -0.15) is 0 Å². The van der Waals surface area contributed by atoms with Crippen LogP contribution in [0.15, 0.2) is 43.0 Å². The molecule has 2 unspecified atom stereocenters. The average molecular weight is 565 g/mol. The molecule has 40 heavy (non-hydrogen) atoms. The van der Waals surface area contributed by atoms with Gasteiger partial charge in [-0.15, -0.1) is 6.58 Å². The van der Waals surface area contributed by atoms with Crippen molar-refractivity contribution in [1.82, 2.24) is 0 Å². The summed E-state index contributed by atoms with van der Waals surface area (Å²) in [7, 11) is 0. The molecule has 0 N–H and O–H groups in total. The number of hydrogen-bond donors (Lipinski definition) is 0. The van der Waals surface area contributed by atoms with E-state index in [-0.39, 0.29) is 0 Å². The average Bonchev–Trinajstić information content (AvgIpc) is 2.90. The number of hydrogen-bond acceptors (Lipinski definition) is 1. The topological polar surface area (TPSA) is 17.1 Å². The molecule has 0 bridgehead atoms. The van der Waals surface area contributed by atoms with Crippen LogP contribution in [0.3, 0.4) is 0 Å². The van der Waals surface area contributed by atoms with E-state index >= 15 is 0 Å². The molecular formula is C39H80O. The Hall–Kier alpha value is -1.59. The maximum atomic E-state index is 8.57. The van der Waals surface area contributed by atoms with Gasteiger partial charge in [0.2, 0.25) is 0 Å². The van der Waals surface area contributed by atoms with Gasteiger partial charge in [-0.3, -0.25) is 0 Å². The minimum atomic E-state index is 0.500. The number of benzene rings is 1. The molecular weight excluding hydrogens is 484 g/mol. The van der Waals surface area contributed by atoms with Crippen molar-refractivity contribution in [3.8, 4) is 0 Å². The van der Waals surface area contributed by atoms with E-state index in [2.05, 4.69) is 107 Å². The van der Waals surface area contributed by atoms with Crippen molar-refractivity contribution in [1.29, 1.82) is 0 Å². The second kappa shape index (κ2) is 47.2. The summed E-state index contributed by atoms with van der Waals surface area (Å²) in [5, 5.41) is 0. The Bertz CT molecular complexity index is 558. The fraction of sp³-hybridized carbons (Fsp3) is 0.744. The van der Waals surface area contributed by atoms with Gasteiger partial charge in [0.05, 0.1) is 0 Å². The van der Waals surface area contributed by atoms with Crippen molar-refractivity contribution < 1.29 is 4.79 Å². The summed E-state index contributed by atoms with van der Waals surface area (Å²) in [6, 6.07) is 9.10. The summed E-state index contributed by atoms with van der Waals surface area (Å²) in [4.78, 5) is 8.57. The van der Waals surface area contributed by atoms with Crippen molar-refractivity contribution >= 4 is 5.94 Å². The van der Waals surface area contributed by atoms with Gasteiger partial charge < -0.3 is 0 Å². The molecule has 1 aromatic carbocycles. The smallest absolute Gasteiger partial charge is 0.116 e. The Balaban J connectivity index is -0.0000000734. The van der Waals surface area contributed by atoms with Crippen molar-refractivity contribution in [2.75, 3.05) is 0 Å². The zero-order valence-electron chi connectivity index (χ0n) is 31.4. The van der Waals surface area contributed by atoms with Gasteiger partial charge in [0, 0.05) is 0 Å². The van der Waals surface area contributed by atoms with Crippen LogP contribution in [0, 0.1) is 18.3 Å². The first-order valence-corrected chi connectivity index (χ1v) is 16.6. The van der Waals surface area contributed by atoms with E-state index in [1.807, 2.05) is 55.4 Å². The van der Waals surface area contributed by atoms with E-state index in [0.717, 1.165) is 11.8 Å². The fourth-order valence-corrected chi connectivity index (χ4v) is 2.81. The first kappa shape index (κ1) is 54.5. The Morgan fingerprint density at radius 2 is 1.10 bits per heavy atom. The lowest BCUT2D eigenvalue weighted by molar-refractivity contribution is 0.469. The number of unbranched alkanes of at least 4 members (excludes halogenated alkanes) is 1. The van der Waals surface area contributed by atoms with E-state index in [4.69, 9.17) is 4.79 Å². The highest BCUT2D eigenvalue weighted by Gasteiger charge is 2.09. The van der Waals surface area contributed by atoms with Crippen molar-refractivity contribution in [2.24, 2.45) is 11.3 Å². The summed E-state index contributed by atoms with van der Waals surface area (Å²) in [5.74, 6) is 2.99. The van der Waals surface area contributed by atoms with Gasteiger partial charge in [0.15, 0.2) is 0 Å². The first-order chi connectivity index (χ1) is 18.7. The predicted octanol–water partition coefficient (Wildman–Crippen LogP) is 14.6. The first-order valence-electron chi connectivity index (χ1n) is 16.6. The van der Waals surface area contributed by atoms with E-state index < -0.39 is 0 Å². The number of rotatable bonds is 9. The molecule has 1 heteroatoms. The minimum absolute atomic E-state index is 0.500. The highest BCUT2D eigenvalue weighted by Crippen LogP contribution is 2.27. The molecule has 0 radical (unpaired) electrons. The van der Waals surface area contributed by atoms with E-state index in [9.17, 15) is 0 Å². The Kier molecular flexibility index (Phi) is 64.3. The molecule has 0 spiro atoms. The third-order valence-corrected chi connectivity index (χ3v) is 4.57. The standard InChI is InChI=1S/C15H24.C7H16.C5H12.C4H8.C2H2O.3C2H6/c1-4-6-8-14(7-5-2)15-11-9-13(3)10-12-15;1-4-6-7(3)5-2;1-5(2,3)4;1-4(2)3;1-2-3;3*1-2/h9-12,14H,4-8H2,1-3H3;7H,4-6H2,1-3H3;1-4H3;1H2,2-3H3;1H2;3*1-2H3. The Morgan fingerprint density at radius 1 is 0.775 bits per heavy atom. The van der Waals surface area contributed by atoms with Crippen LogP contribution >= 0.6 is 0 Å². The second-order valence-electron chi connectivity index (χ2n) is 11.2. The molecule has 1 nitrogen and oxygen atoms in total. The highest BCUT2D eigenvalue weighted by molar-refractivity contribution is 5.38. The summed E-state index contributed by atoms with van der Waals surface area (Å²) in [5.41, 5.74) is 4.57. The zero-order valence-corrected chi connectivity index (χ0v) is 31.4. The highest BCUT2D eigenvalue weighted by atomic mass is 16.1. The Morgan fingerprint density at radius 3 is 1.32 bits per heavy atom. The molecule has 0 heterocycles. The van der Waals surface area contributed by atoms with Crippen molar-refractivity contribution in [2.45, 2.75) is 182 Å². The summed E-state index contributed by atoms with van der Waals surface area (Å²) >= 11 is 0. The molecule has 0 aliphatic carbocycles. The lowest BCUT2D eigenvalue weighted by Gasteiger charge is -2.16. The molecule has 1 aromatic rings. The van der Waals surface area contributed by atoms with Gasteiger partial charge in [0.1, 0.15) is 5.94 Å². The monoisotopic (exact) mass is 565 g/mol. The number of aryl methyl sites for hydroxylation is 1. The summed E-state index contributed by atoms with van der Waals surface area (Å²) in [6.45, 7) is 44.5. The minimum Gasteiger partial charge on any atom is -0.234 e. The third kappa shape index (κ3) is 76.6. The normalized spacial score (nSPS) is 10.1. The van der Waals surface area contributed by atoms with Crippen LogP contribution in [0.2, 0.25) is 0 Å². The summed E-state index contributed by atoms with van der Waals surface area (Å²) in [6.07, 6.45) is 10.7. The molecule has 0 aromatic heterocycles. The molecule has 0 aliphatic heterocycles. The predicted molar refractivity (Wildman–Crippen MR) is 194 cm³/mol. The van der Waals surface area contributed by atoms with E-state index in [0.29, 0.717) is 5.41 Å². The lowest BCUT2D eigenvalue weighted by atomic mass is 9.89. The van der Waals surface area contributed by atoms with Crippen LogP contribution in [-0.2, 0) is 4.79 Å². The fourth-order valence-electron chi connectivity index (χ4n) is 2.81. The van der Waals surface area contributed by atoms with Crippen molar-refractivity contribution in [3.05, 3.63) is 54.1 Å². The second-order valence-corrected chi connectivity index (χ2v) is 11.2. The third-order valence-electron chi connectivity index (χ3n) is 4.57. The molecule has 2 atom stereocenters. The molecule has 242 valence electrons. The summed E-state index contributed by atoms with van der Waals surface area (Å²) < 4.78 is 0. The van der Waals surface area contributed by atoms with Gasteiger partial charge >= 0.3 is 0 Å². The number of allylic oxidation sites excluding steroid dienone is 1. The van der Waals surface area contributed by atoms with Gasteiger partial charge in [-0.05, 0) is 63.0 Å². The molecule has 1 rings (SSSR count). The largest absolute Gasteiger partial charge is 0.234 e. The molecule has 0 fully saturated rings. The van der Waals surface area contributed by atoms with Gasteiger partial charge in [-0.25, -0.2) is 4.79 Å². The SMILES string of the molecule is C=C(C)C.C=C=O.CC.CC.CC.CC(C)(C)C.CCCC(C)CC.CCCCC(CCC)c1ccc(C)cc1. The van der Waals surface area contributed by atoms with Crippen LogP contribution in [-0.4, -0.2) is 5.94 Å². The lowest BCUT2D eigenvalue weighted by Crippen LogP contribution is -1.98.